The molecule has 0 fully saturated rings. The van der Waals surface area contributed by atoms with Crippen LogP contribution in [0, 0.1) is 0 Å². The SMILES string of the molecule is CC(Br)C(=O)c1c(C=CC(=O)O)cccc1C(=O)O. The molecule has 1 rings (SSSR count). The fourth-order valence-electron chi connectivity index (χ4n) is 1.52. The predicted octanol–water partition coefficient (Wildman–Crippen LogP) is 2.45. The Hall–Kier alpha value is -1.95. The van der Waals surface area contributed by atoms with E-state index in [-0.39, 0.29) is 16.7 Å². The van der Waals surface area contributed by atoms with E-state index in [1.54, 1.807) is 6.92 Å². The predicted molar refractivity (Wildman–Crippen MR) is 72.8 cm³/mol. The Bertz CT molecular complexity index is 560. The maximum absolute atomic E-state index is 12.0. The normalized spacial score (nSPS) is 12.3. The van der Waals surface area contributed by atoms with Gasteiger partial charge in [0.1, 0.15) is 0 Å². The molecule has 0 heterocycles. The van der Waals surface area contributed by atoms with Crippen LogP contribution in [0.25, 0.3) is 6.08 Å². The standard InChI is InChI=1S/C13H11BrO5/c1-7(14)12(17)11-8(5-6-10(15)16)3-2-4-9(11)13(18)19/h2-7H,1H3,(H,15,16)(H,18,19). The van der Waals surface area contributed by atoms with Gasteiger partial charge >= 0.3 is 11.9 Å². The van der Waals surface area contributed by atoms with Crippen LogP contribution >= 0.6 is 15.9 Å². The maximum Gasteiger partial charge on any atom is 0.336 e. The zero-order valence-corrected chi connectivity index (χ0v) is 11.5. The second-order valence-corrected chi connectivity index (χ2v) is 5.10. The highest BCUT2D eigenvalue weighted by molar-refractivity contribution is 9.10. The molecule has 1 aromatic rings. The molecule has 0 aromatic heterocycles. The lowest BCUT2D eigenvalue weighted by Gasteiger charge is -2.10. The minimum Gasteiger partial charge on any atom is -0.478 e. The molecule has 2 N–H and O–H groups in total. The monoisotopic (exact) mass is 326 g/mol. The molecule has 0 aliphatic rings. The molecule has 19 heavy (non-hydrogen) atoms. The molecule has 0 spiro atoms. The largest absolute Gasteiger partial charge is 0.478 e. The van der Waals surface area contributed by atoms with E-state index in [4.69, 9.17) is 10.2 Å². The van der Waals surface area contributed by atoms with Crippen molar-refractivity contribution in [2.75, 3.05) is 0 Å². The van der Waals surface area contributed by atoms with Gasteiger partial charge in [-0.15, -0.1) is 0 Å². The Morgan fingerprint density at radius 1 is 1.26 bits per heavy atom. The highest BCUT2D eigenvalue weighted by Crippen LogP contribution is 2.21. The molecule has 1 unspecified atom stereocenters. The van der Waals surface area contributed by atoms with Crippen LogP contribution in [0.1, 0.15) is 33.2 Å². The number of carbonyl (C=O) groups excluding carboxylic acids is 1. The topological polar surface area (TPSA) is 91.7 Å². The first-order valence-corrected chi connectivity index (χ1v) is 6.21. The van der Waals surface area contributed by atoms with Gasteiger partial charge in [0.2, 0.25) is 0 Å². The first-order valence-electron chi connectivity index (χ1n) is 5.30. The lowest BCUT2D eigenvalue weighted by atomic mass is 9.95. The zero-order chi connectivity index (χ0) is 14.6. The summed E-state index contributed by atoms with van der Waals surface area (Å²) in [6.07, 6.45) is 2.06. The molecule has 0 bridgehead atoms. The summed E-state index contributed by atoms with van der Waals surface area (Å²) < 4.78 is 0. The van der Waals surface area contributed by atoms with Gasteiger partial charge in [-0.05, 0) is 24.6 Å². The highest BCUT2D eigenvalue weighted by Gasteiger charge is 2.22. The van der Waals surface area contributed by atoms with E-state index in [0.29, 0.717) is 0 Å². The van der Waals surface area contributed by atoms with Crippen molar-refractivity contribution >= 4 is 39.7 Å². The Kier molecular flexibility index (Phi) is 5.00. The summed E-state index contributed by atoms with van der Waals surface area (Å²) in [4.78, 5) is 33.1. The smallest absolute Gasteiger partial charge is 0.336 e. The number of aromatic carboxylic acids is 1. The quantitative estimate of drug-likeness (QED) is 0.492. The van der Waals surface area contributed by atoms with Crippen LogP contribution in [0.5, 0.6) is 0 Å². The van der Waals surface area contributed by atoms with Crippen LogP contribution in [0.15, 0.2) is 24.3 Å². The van der Waals surface area contributed by atoms with Crippen LogP contribution < -0.4 is 0 Å². The summed E-state index contributed by atoms with van der Waals surface area (Å²) in [5.41, 5.74) is 0.110. The number of halogens is 1. The van der Waals surface area contributed by atoms with Gasteiger partial charge in [0.25, 0.3) is 0 Å². The Morgan fingerprint density at radius 2 is 1.89 bits per heavy atom. The van der Waals surface area contributed by atoms with Gasteiger partial charge in [-0.3, -0.25) is 4.79 Å². The van der Waals surface area contributed by atoms with Gasteiger partial charge in [-0.2, -0.15) is 0 Å². The van der Waals surface area contributed by atoms with Crippen molar-refractivity contribution in [1.82, 2.24) is 0 Å². The molecule has 0 aliphatic carbocycles. The van der Waals surface area contributed by atoms with E-state index in [1.165, 1.54) is 24.3 Å². The van der Waals surface area contributed by atoms with Crippen molar-refractivity contribution in [2.24, 2.45) is 0 Å². The molecule has 6 heteroatoms. The number of aliphatic carboxylic acids is 1. The zero-order valence-electron chi connectivity index (χ0n) is 9.96. The molecule has 1 atom stereocenters. The molecule has 0 saturated heterocycles. The summed E-state index contributed by atoms with van der Waals surface area (Å²) in [5.74, 6) is -2.82. The average molecular weight is 327 g/mol. The van der Waals surface area contributed by atoms with Gasteiger partial charge in [0.15, 0.2) is 5.78 Å². The summed E-state index contributed by atoms with van der Waals surface area (Å²) in [5, 5.41) is 17.7. The molecule has 0 amide bonds. The Labute approximate surface area is 117 Å². The molecular formula is C13H11BrO5. The number of hydrogen-bond donors (Lipinski definition) is 2. The summed E-state index contributed by atoms with van der Waals surface area (Å²) >= 11 is 3.09. The average Bonchev–Trinajstić information content (AvgIpc) is 2.34. The number of benzene rings is 1. The second kappa shape index (κ2) is 6.29. The van der Waals surface area contributed by atoms with E-state index in [1.807, 2.05) is 0 Å². The van der Waals surface area contributed by atoms with Crippen LogP contribution in [0.2, 0.25) is 0 Å². The summed E-state index contributed by atoms with van der Waals surface area (Å²) in [7, 11) is 0. The van der Waals surface area contributed by atoms with E-state index < -0.39 is 22.5 Å². The van der Waals surface area contributed by atoms with Crippen LogP contribution in [-0.4, -0.2) is 32.8 Å². The molecule has 0 radical (unpaired) electrons. The van der Waals surface area contributed by atoms with E-state index in [0.717, 1.165) is 6.08 Å². The number of carboxylic acid groups (broad SMARTS) is 2. The van der Waals surface area contributed by atoms with E-state index in [2.05, 4.69) is 15.9 Å². The Morgan fingerprint density at radius 3 is 2.37 bits per heavy atom. The number of rotatable bonds is 5. The first kappa shape index (κ1) is 15.1. The van der Waals surface area contributed by atoms with Gasteiger partial charge in [0, 0.05) is 11.6 Å². The number of ketones is 1. The third-order valence-corrected chi connectivity index (χ3v) is 2.76. The van der Waals surface area contributed by atoms with Crippen molar-refractivity contribution in [1.29, 1.82) is 0 Å². The van der Waals surface area contributed by atoms with Crippen molar-refractivity contribution in [2.45, 2.75) is 11.8 Å². The summed E-state index contributed by atoms with van der Waals surface area (Å²) in [6.45, 7) is 1.58. The highest BCUT2D eigenvalue weighted by atomic mass is 79.9. The number of carboxylic acids is 2. The number of alkyl halides is 1. The molecule has 0 aliphatic heterocycles. The van der Waals surface area contributed by atoms with Crippen molar-refractivity contribution < 1.29 is 24.6 Å². The second-order valence-electron chi connectivity index (χ2n) is 3.73. The number of hydrogen-bond acceptors (Lipinski definition) is 3. The van der Waals surface area contributed by atoms with Crippen molar-refractivity contribution in [3.05, 3.63) is 41.0 Å². The minimum atomic E-state index is -1.23. The van der Waals surface area contributed by atoms with Gasteiger partial charge in [-0.1, -0.05) is 28.1 Å². The van der Waals surface area contributed by atoms with Gasteiger partial charge in [-0.25, -0.2) is 9.59 Å². The van der Waals surface area contributed by atoms with E-state index >= 15 is 0 Å². The maximum atomic E-state index is 12.0. The third kappa shape index (κ3) is 3.75. The van der Waals surface area contributed by atoms with Gasteiger partial charge < -0.3 is 10.2 Å². The Balaban J connectivity index is 3.46. The number of carbonyl (C=O) groups is 3. The van der Waals surface area contributed by atoms with Crippen LogP contribution in [0.4, 0.5) is 0 Å². The molecule has 1 aromatic carbocycles. The van der Waals surface area contributed by atoms with Gasteiger partial charge in [0.05, 0.1) is 10.4 Å². The number of Topliss-reactive ketones (excluding diaryl/α,β-unsaturated/α-hetero) is 1. The molecule has 100 valence electrons. The lowest BCUT2D eigenvalue weighted by Crippen LogP contribution is -2.16. The van der Waals surface area contributed by atoms with E-state index in [9.17, 15) is 14.4 Å². The fraction of sp³-hybridized carbons (Fsp3) is 0.154. The lowest BCUT2D eigenvalue weighted by molar-refractivity contribution is -0.131. The molecular weight excluding hydrogens is 316 g/mol. The minimum absolute atomic E-state index is 0.00289. The summed E-state index contributed by atoms with van der Waals surface area (Å²) in [6, 6.07) is 4.26. The van der Waals surface area contributed by atoms with Crippen LogP contribution in [0.3, 0.4) is 0 Å². The fourth-order valence-corrected chi connectivity index (χ4v) is 1.75. The molecule has 0 saturated carbocycles. The van der Waals surface area contributed by atoms with Crippen molar-refractivity contribution in [3.63, 3.8) is 0 Å². The molecule has 5 nitrogen and oxygen atoms in total. The first-order chi connectivity index (χ1) is 8.84. The third-order valence-electron chi connectivity index (χ3n) is 2.34. The van der Waals surface area contributed by atoms with Crippen LogP contribution in [-0.2, 0) is 4.79 Å². The van der Waals surface area contributed by atoms with Crippen molar-refractivity contribution in [3.8, 4) is 0 Å².